The molecule has 2 aliphatic heterocycles. The number of carbonyl (C=O) groups is 1. The first-order valence-corrected chi connectivity index (χ1v) is 10.5. The summed E-state index contributed by atoms with van der Waals surface area (Å²) in [7, 11) is 0. The third kappa shape index (κ3) is 5.55. The minimum atomic E-state index is 0.197. The first-order chi connectivity index (χ1) is 12.8. The first kappa shape index (κ1) is 19.4. The molecule has 1 aromatic carbocycles. The summed E-state index contributed by atoms with van der Waals surface area (Å²) in [5.74, 6) is 0.479. The number of piperidine rings is 2. The van der Waals surface area contributed by atoms with Crippen molar-refractivity contribution in [3.05, 3.63) is 35.9 Å². The molecule has 2 saturated heterocycles. The highest BCUT2D eigenvalue weighted by molar-refractivity contribution is 5.78. The van der Waals surface area contributed by atoms with E-state index in [-0.39, 0.29) is 11.8 Å². The monoisotopic (exact) mass is 357 g/mol. The topological polar surface area (TPSA) is 35.6 Å². The van der Waals surface area contributed by atoms with E-state index in [9.17, 15) is 4.79 Å². The molecule has 0 aromatic heterocycles. The van der Waals surface area contributed by atoms with Crippen LogP contribution in [0, 0.1) is 5.92 Å². The Labute approximate surface area is 158 Å². The lowest BCUT2D eigenvalue weighted by Gasteiger charge is -2.42. The van der Waals surface area contributed by atoms with Gasteiger partial charge in [-0.15, -0.1) is 0 Å². The molecule has 144 valence electrons. The Kier molecular flexibility index (Phi) is 7.51. The Balaban J connectivity index is 1.43. The van der Waals surface area contributed by atoms with Gasteiger partial charge in [0.25, 0.3) is 0 Å². The molecule has 1 atom stereocenters. The number of unbranched alkanes of at least 4 members (excludes halogenated alkanes) is 1. The number of benzene rings is 1. The Hall–Kier alpha value is -1.39. The molecule has 2 heterocycles. The van der Waals surface area contributed by atoms with Crippen LogP contribution >= 0.6 is 0 Å². The number of hydrogen-bond acceptors (Lipinski definition) is 3. The average molecular weight is 358 g/mol. The maximum absolute atomic E-state index is 12.4. The van der Waals surface area contributed by atoms with Gasteiger partial charge in [0.05, 0.1) is 5.92 Å². The summed E-state index contributed by atoms with van der Waals surface area (Å²) in [5, 5.41) is 3.14. The van der Waals surface area contributed by atoms with Crippen LogP contribution in [-0.2, 0) is 11.3 Å². The highest BCUT2D eigenvalue weighted by Gasteiger charge is 2.31. The summed E-state index contributed by atoms with van der Waals surface area (Å²) < 4.78 is 0. The molecule has 1 aromatic rings. The molecular formula is C22H35N3O. The Bertz CT molecular complexity index is 540. The van der Waals surface area contributed by atoms with Crippen LogP contribution in [0.25, 0.3) is 0 Å². The molecule has 1 amide bonds. The largest absolute Gasteiger partial charge is 0.356 e. The molecule has 1 N–H and O–H groups in total. The fourth-order valence-electron chi connectivity index (χ4n) is 4.37. The van der Waals surface area contributed by atoms with Crippen molar-refractivity contribution in [2.75, 3.05) is 32.7 Å². The van der Waals surface area contributed by atoms with E-state index in [1.54, 1.807) is 0 Å². The van der Waals surface area contributed by atoms with Crippen LogP contribution in [0.5, 0.6) is 0 Å². The smallest absolute Gasteiger partial charge is 0.224 e. The highest BCUT2D eigenvalue weighted by Crippen LogP contribution is 2.24. The number of carbonyl (C=O) groups excluding carboxylic acids is 1. The van der Waals surface area contributed by atoms with Gasteiger partial charge in [-0.25, -0.2) is 0 Å². The fourth-order valence-corrected chi connectivity index (χ4v) is 4.37. The van der Waals surface area contributed by atoms with E-state index in [1.807, 2.05) is 0 Å². The van der Waals surface area contributed by atoms with Crippen molar-refractivity contribution in [2.45, 2.75) is 58.0 Å². The van der Waals surface area contributed by atoms with Crippen molar-refractivity contribution in [3.63, 3.8) is 0 Å². The van der Waals surface area contributed by atoms with Gasteiger partial charge in [0, 0.05) is 25.7 Å². The van der Waals surface area contributed by atoms with Gasteiger partial charge >= 0.3 is 0 Å². The Morgan fingerprint density at radius 1 is 1.12 bits per heavy atom. The van der Waals surface area contributed by atoms with Crippen LogP contribution in [-0.4, -0.2) is 54.5 Å². The SMILES string of the molecule is CCCCNC(=O)[C@@H]1CCCN(C2CCN(Cc3ccccc3)CC2)C1. The number of likely N-dealkylation sites (tertiary alicyclic amines) is 2. The van der Waals surface area contributed by atoms with Crippen molar-refractivity contribution in [3.8, 4) is 0 Å². The fraction of sp³-hybridized carbons (Fsp3) is 0.682. The number of rotatable bonds is 7. The van der Waals surface area contributed by atoms with Gasteiger partial charge in [-0.1, -0.05) is 43.7 Å². The van der Waals surface area contributed by atoms with Crippen LogP contribution in [0.15, 0.2) is 30.3 Å². The van der Waals surface area contributed by atoms with E-state index in [1.165, 1.54) is 38.0 Å². The minimum absolute atomic E-state index is 0.197. The third-order valence-corrected chi connectivity index (χ3v) is 5.98. The van der Waals surface area contributed by atoms with Gasteiger partial charge in [-0.05, 0) is 57.3 Å². The number of hydrogen-bond donors (Lipinski definition) is 1. The summed E-state index contributed by atoms with van der Waals surface area (Å²) >= 11 is 0. The quantitative estimate of drug-likeness (QED) is 0.761. The van der Waals surface area contributed by atoms with Gasteiger partial charge in [0.15, 0.2) is 0 Å². The lowest BCUT2D eigenvalue weighted by Crippen LogP contribution is -2.50. The molecule has 2 fully saturated rings. The van der Waals surface area contributed by atoms with Crippen LogP contribution in [0.4, 0.5) is 0 Å². The molecule has 2 aliphatic rings. The van der Waals surface area contributed by atoms with E-state index in [0.717, 1.165) is 45.3 Å². The number of nitrogens with zero attached hydrogens (tertiary/aromatic N) is 2. The number of nitrogens with one attached hydrogen (secondary N) is 1. The Morgan fingerprint density at radius 2 is 1.88 bits per heavy atom. The molecule has 0 aliphatic carbocycles. The Morgan fingerprint density at radius 3 is 2.62 bits per heavy atom. The average Bonchev–Trinajstić information content (AvgIpc) is 2.69. The molecule has 0 bridgehead atoms. The molecular weight excluding hydrogens is 322 g/mol. The lowest BCUT2D eigenvalue weighted by molar-refractivity contribution is -0.127. The number of amides is 1. The minimum Gasteiger partial charge on any atom is -0.356 e. The van der Waals surface area contributed by atoms with E-state index in [4.69, 9.17) is 0 Å². The standard InChI is InChI=1S/C22H35N3O/c1-2-3-13-23-22(26)20-10-7-14-25(18-20)21-11-15-24(16-12-21)17-19-8-5-4-6-9-19/h4-6,8-9,20-21H,2-3,7,10-18H2,1H3,(H,23,26)/t20-/m1/s1. The zero-order chi connectivity index (χ0) is 18.2. The summed E-state index contributed by atoms with van der Waals surface area (Å²) in [5.41, 5.74) is 1.41. The first-order valence-electron chi connectivity index (χ1n) is 10.5. The molecule has 3 rings (SSSR count). The molecule has 0 spiro atoms. The van der Waals surface area contributed by atoms with Gasteiger partial charge < -0.3 is 5.32 Å². The summed E-state index contributed by atoms with van der Waals surface area (Å²) in [6.07, 6.45) is 6.91. The summed E-state index contributed by atoms with van der Waals surface area (Å²) in [6.45, 7) is 8.54. The van der Waals surface area contributed by atoms with Gasteiger partial charge in [-0.2, -0.15) is 0 Å². The van der Waals surface area contributed by atoms with Gasteiger partial charge in [0.1, 0.15) is 0 Å². The van der Waals surface area contributed by atoms with E-state index < -0.39 is 0 Å². The van der Waals surface area contributed by atoms with Crippen molar-refractivity contribution in [2.24, 2.45) is 5.92 Å². The van der Waals surface area contributed by atoms with E-state index in [2.05, 4.69) is 52.4 Å². The summed E-state index contributed by atoms with van der Waals surface area (Å²) in [4.78, 5) is 17.6. The van der Waals surface area contributed by atoms with Crippen LogP contribution in [0.1, 0.15) is 51.0 Å². The highest BCUT2D eigenvalue weighted by atomic mass is 16.1. The maximum atomic E-state index is 12.4. The van der Waals surface area contributed by atoms with Crippen molar-refractivity contribution >= 4 is 5.91 Å². The zero-order valence-corrected chi connectivity index (χ0v) is 16.3. The zero-order valence-electron chi connectivity index (χ0n) is 16.3. The van der Waals surface area contributed by atoms with E-state index >= 15 is 0 Å². The molecule has 4 heteroatoms. The van der Waals surface area contributed by atoms with Crippen LogP contribution in [0.2, 0.25) is 0 Å². The molecule has 0 unspecified atom stereocenters. The van der Waals surface area contributed by atoms with Gasteiger partial charge in [-0.3, -0.25) is 14.6 Å². The third-order valence-electron chi connectivity index (χ3n) is 5.98. The second-order valence-electron chi connectivity index (χ2n) is 7.97. The lowest BCUT2D eigenvalue weighted by atomic mass is 9.93. The second-order valence-corrected chi connectivity index (χ2v) is 7.97. The predicted molar refractivity (Wildman–Crippen MR) is 107 cm³/mol. The van der Waals surface area contributed by atoms with E-state index in [0.29, 0.717) is 6.04 Å². The van der Waals surface area contributed by atoms with Crippen molar-refractivity contribution < 1.29 is 4.79 Å². The predicted octanol–water partition coefficient (Wildman–Crippen LogP) is 3.28. The molecule has 26 heavy (non-hydrogen) atoms. The molecule has 0 radical (unpaired) electrons. The molecule has 0 saturated carbocycles. The molecule has 4 nitrogen and oxygen atoms in total. The maximum Gasteiger partial charge on any atom is 0.224 e. The normalized spacial score (nSPS) is 23.0. The van der Waals surface area contributed by atoms with Crippen molar-refractivity contribution in [1.82, 2.24) is 15.1 Å². The van der Waals surface area contributed by atoms with Crippen LogP contribution < -0.4 is 5.32 Å². The van der Waals surface area contributed by atoms with Crippen molar-refractivity contribution in [1.29, 1.82) is 0 Å². The second kappa shape index (κ2) is 10.1. The van der Waals surface area contributed by atoms with Crippen LogP contribution in [0.3, 0.4) is 0 Å². The summed E-state index contributed by atoms with van der Waals surface area (Å²) in [6, 6.07) is 11.4. The van der Waals surface area contributed by atoms with Gasteiger partial charge in [0.2, 0.25) is 5.91 Å².